The number of aliphatic hydroxyl groups excluding tert-OH is 1. The van der Waals surface area contributed by atoms with Gasteiger partial charge in [-0.1, -0.05) is 24.3 Å². The van der Waals surface area contributed by atoms with Gasteiger partial charge in [-0.2, -0.15) is 0 Å². The molecule has 0 saturated heterocycles. The maximum atomic E-state index is 9.69. The molecule has 0 saturated carbocycles. The number of rotatable bonds is 7. The number of benzene rings is 2. The van der Waals surface area contributed by atoms with Crippen LogP contribution in [-0.2, 0) is 6.54 Å². The standard InChI is InChI=1S/C19H25NO3/c1-13-8-15(9-14(2)19(13)23-4)11-20-18(12-21)16-6-5-7-17(10-16)22-3/h5-10,18,20-21H,11-12H2,1-4H3. The second-order valence-electron chi connectivity index (χ2n) is 5.66. The van der Waals surface area contributed by atoms with Crippen LogP contribution < -0.4 is 14.8 Å². The Hall–Kier alpha value is -2.04. The number of hydrogen-bond acceptors (Lipinski definition) is 4. The van der Waals surface area contributed by atoms with E-state index in [2.05, 4.69) is 17.4 Å². The lowest BCUT2D eigenvalue weighted by Gasteiger charge is -2.18. The number of aliphatic hydroxyl groups is 1. The maximum absolute atomic E-state index is 9.69. The molecule has 0 radical (unpaired) electrons. The van der Waals surface area contributed by atoms with Gasteiger partial charge >= 0.3 is 0 Å². The first-order chi connectivity index (χ1) is 11.1. The van der Waals surface area contributed by atoms with Crippen molar-refractivity contribution in [2.75, 3.05) is 20.8 Å². The van der Waals surface area contributed by atoms with Crippen LogP contribution in [0.3, 0.4) is 0 Å². The largest absolute Gasteiger partial charge is 0.497 e. The minimum atomic E-state index is -0.132. The van der Waals surface area contributed by atoms with Gasteiger partial charge in [-0.05, 0) is 48.2 Å². The SMILES string of the molecule is COc1cccc(C(CO)NCc2cc(C)c(OC)c(C)c2)c1. The fourth-order valence-corrected chi connectivity index (χ4v) is 2.85. The van der Waals surface area contributed by atoms with Crippen LogP contribution in [0, 0.1) is 13.8 Å². The first kappa shape index (κ1) is 17.3. The molecule has 2 rings (SSSR count). The predicted molar refractivity (Wildman–Crippen MR) is 92.1 cm³/mol. The average molecular weight is 315 g/mol. The summed E-state index contributed by atoms with van der Waals surface area (Å²) in [6.45, 7) is 4.79. The van der Waals surface area contributed by atoms with Crippen LogP contribution in [0.1, 0.15) is 28.3 Å². The molecule has 2 aromatic rings. The number of ether oxygens (including phenoxy) is 2. The summed E-state index contributed by atoms with van der Waals surface area (Å²) in [7, 11) is 3.33. The van der Waals surface area contributed by atoms with Gasteiger partial charge in [0.25, 0.3) is 0 Å². The molecule has 4 nitrogen and oxygen atoms in total. The van der Waals surface area contributed by atoms with Crippen molar-refractivity contribution in [3.8, 4) is 11.5 Å². The van der Waals surface area contributed by atoms with Crippen LogP contribution in [-0.4, -0.2) is 25.9 Å². The van der Waals surface area contributed by atoms with Gasteiger partial charge in [-0.15, -0.1) is 0 Å². The quantitative estimate of drug-likeness (QED) is 0.824. The molecule has 0 aliphatic rings. The number of nitrogens with one attached hydrogen (secondary N) is 1. The second kappa shape index (κ2) is 7.99. The summed E-state index contributed by atoms with van der Waals surface area (Å²) in [6, 6.07) is 11.8. The van der Waals surface area contributed by atoms with Crippen molar-refractivity contribution in [2.45, 2.75) is 26.4 Å². The molecule has 124 valence electrons. The van der Waals surface area contributed by atoms with E-state index in [1.807, 2.05) is 38.1 Å². The Morgan fingerprint density at radius 2 is 1.74 bits per heavy atom. The summed E-state index contributed by atoms with van der Waals surface area (Å²) in [4.78, 5) is 0. The molecule has 1 unspecified atom stereocenters. The Morgan fingerprint density at radius 1 is 1.04 bits per heavy atom. The number of methoxy groups -OCH3 is 2. The molecular formula is C19H25NO3. The molecule has 0 amide bonds. The highest BCUT2D eigenvalue weighted by molar-refractivity contribution is 5.43. The zero-order valence-corrected chi connectivity index (χ0v) is 14.2. The molecule has 23 heavy (non-hydrogen) atoms. The lowest BCUT2D eigenvalue weighted by Crippen LogP contribution is -2.24. The van der Waals surface area contributed by atoms with Crippen molar-refractivity contribution in [2.24, 2.45) is 0 Å². The average Bonchev–Trinajstić information content (AvgIpc) is 2.55. The van der Waals surface area contributed by atoms with E-state index in [9.17, 15) is 5.11 Å². The maximum Gasteiger partial charge on any atom is 0.124 e. The highest BCUT2D eigenvalue weighted by Gasteiger charge is 2.12. The first-order valence-corrected chi connectivity index (χ1v) is 7.71. The van der Waals surface area contributed by atoms with Crippen molar-refractivity contribution in [1.82, 2.24) is 5.32 Å². The summed E-state index contributed by atoms with van der Waals surface area (Å²) >= 11 is 0. The van der Waals surface area contributed by atoms with E-state index < -0.39 is 0 Å². The van der Waals surface area contributed by atoms with E-state index >= 15 is 0 Å². The number of hydrogen-bond donors (Lipinski definition) is 2. The molecular weight excluding hydrogens is 290 g/mol. The molecule has 0 aliphatic heterocycles. The van der Waals surface area contributed by atoms with Gasteiger partial charge in [0.15, 0.2) is 0 Å². The third-order valence-corrected chi connectivity index (χ3v) is 3.96. The summed E-state index contributed by atoms with van der Waals surface area (Å²) in [5.41, 5.74) is 4.41. The highest BCUT2D eigenvalue weighted by atomic mass is 16.5. The summed E-state index contributed by atoms with van der Waals surface area (Å²) < 4.78 is 10.6. The molecule has 2 N–H and O–H groups in total. The Morgan fingerprint density at radius 3 is 2.30 bits per heavy atom. The van der Waals surface area contributed by atoms with Crippen LogP contribution in [0.15, 0.2) is 36.4 Å². The van der Waals surface area contributed by atoms with Crippen LogP contribution in [0.5, 0.6) is 11.5 Å². The van der Waals surface area contributed by atoms with Gasteiger partial charge in [0.2, 0.25) is 0 Å². The van der Waals surface area contributed by atoms with Gasteiger partial charge in [0, 0.05) is 6.54 Å². The molecule has 2 aromatic carbocycles. The summed E-state index contributed by atoms with van der Waals surface area (Å²) in [6.07, 6.45) is 0. The van der Waals surface area contributed by atoms with Crippen molar-refractivity contribution in [3.63, 3.8) is 0 Å². The van der Waals surface area contributed by atoms with Crippen LogP contribution in [0.25, 0.3) is 0 Å². The Kier molecular flexibility index (Phi) is 6.02. The summed E-state index contributed by atoms with van der Waals surface area (Å²) in [5, 5.41) is 13.1. The zero-order chi connectivity index (χ0) is 16.8. The van der Waals surface area contributed by atoms with E-state index in [4.69, 9.17) is 9.47 Å². The molecule has 0 bridgehead atoms. The van der Waals surface area contributed by atoms with Gasteiger partial charge in [-0.25, -0.2) is 0 Å². The molecule has 0 aliphatic carbocycles. The van der Waals surface area contributed by atoms with E-state index in [0.717, 1.165) is 28.2 Å². The van der Waals surface area contributed by atoms with Crippen molar-refractivity contribution in [3.05, 3.63) is 58.7 Å². The van der Waals surface area contributed by atoms with Gasteiger partial charge in [0.1, 0.15) is 11.5 Å². The molecule has 0 fully saturated rings. The van der Waals surface area contributed by atoms with E-state index in [-0.39, 0.29) is 12.6 Å². The molecule has 4 heteroatoms. The molecule has 0 heterocycles. The monoisotopic (exact) mass is 315 g/mol. The molecule has 1 atom stereocenters. The van der Waals surface area contributed by atoms with Gasteiger partial charge in [-0.3, -0.25) is 0 Å². The fraction of sp³-hybridized carbons (Fsp3) is 0.368. The third-order valence-electron chi connectivity index (χ3n) is 3.96. The first-order valence-electron chi connectivity index (χ1n) is 7.71. The zero-order valence-electron chi connectivity index (χ0n) is 14.2. The van der Waals surface area contributed by atoms with Gasteiger partial charge < -0.3 is 19.9 Å². The lowest BCUT2D eigenvalue weighted by atomic mass is 10.0. The highest BCUT2D eigenvalue weighted by Crippen LogP contribution is 2.25. The predicted octanol–water partition coefficient (Wildman–Crippen LogP) is 3.14. The Bertz CT molecular complexity index is 632. The minimum absolute atomic E-state index is 0.0291. The van der Waals surface area contributed by atoms with Crippen LogP contribution in [0.4, 0.5) is 0 Å². The summed E-state index contributed by atoms with van der Waals surface area (Å²) in [5.74, 6) is 1.72. The third kappa shape index (κ3) is 4.24. The smallest absolute Gasteiger partial charge is 0.124 e. The van der Waals surface area contributed by atoms with E-state index in [1.165, 1.54) is 5.56 Å². The molecule has 0 spiro atoms. The normalized spacial score (nSPS) is 12.0. The fourth-order valence-electron chi connectivity index (χ4n) is 2.85. The lowest BCUT2D eigenvalue weighted by molar-refractivity contribution is 0.243. The van der Waals surface area contributed by atoms with E-state index in [0.29, 0.717) is 6.54 Å². The Balaban J connectivity index is 2.11. The van der Waals surface area contributed by atoms with Crippen molar-refractivity contribution >= 4 is 0 Å². The Labute approximate surface area is 138 Å². The minimum Gasteiger partial charge on any atom is -0.497 e. The van der Waals surface area contributed by atoms with Crippen LogP contribution in [0.2, 0.25) is 0 Å². The molecule has 0 aromatic heterocycles. The van der Waals surface area contributed by atoms with E-state index in [1.54, 1.807) is 14.2 Å². The van der Waals surface area contributed by atoms with Crippen LogP contribution >= 0.6 is 0 Å². The van der Waals surface area contributed by atoms with Crippen molar-refractivity contribution in [1.29, 1.82) is 0 Å². The second-order valence-corrected chi connectivity index (χ2v) is 5.66. The van der Waals surface area contributed by atoms with Crippen molar-refractivity contribution < 1.29 is 14.6 Å². The van der Waals surface area contributed by atoms with Gasteiger partial charge in [0.05, 0.1) is 26.9 Å². The number of aryl methyl sites for hydroxylation is 2. The topological polar surface area (TPSA) is 50.7 Å².